The summed E-state index contributed by atoms with van der Waals surface area (Å²) in [5, 5.41) is 9.63. The Kier molecular flexibility index (Phi) is 5.54. The van der Waals surface area contributed by atoms with Crippen LogP contribution in [0.5, 0.6) is 11.5 Å². The van der Waals surface area contributed by atoms with Crippen LogP contribution in [-0.4, -0.2) is 48.2 Å². The van der Waals surface area contributed by atoms with Gasteiger partial charge in [-0.15, -0.1) is 0 Å². The number of rotatable bonds is 4. The number of ether oxygens (including phenoxy) is 3. The molecular weight excluding hydrogens is 348 g/mol. The maximum atomic E-state index is 12.7. The average molecular weight is 372 g/mol. The summed E-state index contributed by atoms with van der Waals surface area (Å²) >= 11 is 0. The molecule has 144 valence electrons. The van der Waals surface area contributed by atoms with Gasteiger partial charge in [-0.3, -0.25) is 4.79 Å². The van der Waals surface area contributed by atoms with Crippen LogP contribution in [0, 0.1) is 11.3 Å². The highest BCUT2D eigenvalue weighted by Crippen LogP contribution is 2.33. The minimum atomic E-state index is -1.00. The third kappa shape index (κ3) is 3.85. The second-order valence-electron chi connectivity index (χ2n) is 7.04. The number of esters is 1. The lowest BCUT2D eigenvalue weighted by Crippen LogP contribution is -2.53. The van der Waals surface area contributed by atoms with Crippen LogP contribution in [-0.2, 0) is 14.3 Å². The van der Waals surface area contributed by atoms with E-state index in [4.69, 9.17) is 14.2 Å². The molecule has 1 aromatic rings. The van der Waals surface area contributed by atoms with Crippen molar-refractivity contribution in [3.05, 3.63) is 24.3 Å². The van der Waals surface area contributed by atoms with Crippen molar-refractivity contribution < 1.29 is 23.8 Å². The van der Waals surface area contributed by atoms with Crippen LogP contribution in [0.15, 0.2) is 24.3 Å². The van der Waals surface area contributed by atoms with E-state index in [2.05, 4.69) is 6.07 Å². The fourth-order valence-electron chi connectivity index (χ4n) is 3.58. The van der Waals surface area contributed by atoms with Gasteiger partial charge in [-0.25, -0.2) is 4.79 Å². The van der Waals surface area contributed by atoms with E-state index < -0.39 is 23.7 Å². The number of para-hydroxylation sites is 2. The SMILES string of the molecule is C[C@@H](OC(=O)[C@@H]1COc2ccccc2O1)C(=O)N(C)C1(C#N)CCCCC1. The summed E-state index contributed by atoms with van der Waals surface area (Å²) in [6, 6.07) is 9.35. The van der Waals surface area contributed by atoms with Crippen molar-refractivity contribution >= 4 is 11.9 Å². The lowest BCUT2D eigenvalue weighted by Gasteiger charge is -2.40. The van der Waals surface area contributed by atoms with Crippen molar-refractivity contribution in [1.82, 2.24) is 4.90 Å². The second-order valence-corrected chi connectivity index (χ2v) is 7.04. The monoisotopic (exact) mass is 372 g/mol. The number of nitriles is 1. The Hall–Kier alpha value is -2.75. The van der Waals surface area contributed by atoms with Crippen molar-refractivity contribution in [2.24, 2.45) is 0 Å². The van der Waals surface area contributed by atoms with Crippen molar-refractivity contribution in [2.75, 3.05) is 13.7 Å². The Morgan fingerprint density at radius 3 is 2.59 bits per heavy atom. The summed E-state index contributed by atoms with van der Waals surface area (Å²) in [5.41, 5.74) is -0.820. The average Bonchev–Trinajstić information content (AvgIpc) is 2.72. The maximum absolute atomic E-state index is 12.7. The molecule has 0 bridgehead atoms. The van der Waals surface area contributed by atoms with Crippen LogP contribution in [0.2, 0.25) is 0 Å². The van der Waals surface area contributed by atoms with E-state index >= 15 is 0 Å². The van der Waals surface area contributed by atoms with E-state index in [1.165, 1.54) is 11.8 Å². The van der Waals surface area contributed by atoms with Gasteiger partial charge in [0, 0.05) is 7.05 Å². The molecule has 2 atom stereocenters. The van der Waals surface area contributed by atoms with Gasteiger partial charge in [-0.1, -0.05) is 31.4 Å². The number of likely N-dealkylation sites (N-methyl/N-ethyl adjacent to an activating group) is 1. The number of nitrogens with zero attached hydrogens (tertiary/aromatic N) is 2. The molecule has 3 rings (SSSR count). The van der Waals surface area contributed by atoms with Gasteiger partial charge in [0.15, 0.2) is 17.6 Å². The molecule has 7 nitrogen and oxygen atoms in total. The predicted octanol–water partition coefficient (Wildman–Crippen LogP) is 2.44. The quantitative estimate of drug-likeness (QED) is 0.754. The zero-order valence-corrected chi connectivity index (χ0v) is 15.6. The van der Waals surface area contributed by atoms with Gasteiger partial charge >= 0.3 is 5.97 Å². The first kappa shape index (κ1) is 19.0. The first-order chi connectivity index (χ1) is 13.0. The van der Waals surface area contributed by atoms with E-state index in [-0.39, 0.29) is 12.5 Å². The Labute approximate surface area is 158 Å². The van der Waals surface area contributed by atoms with E-state index in [9.17, 15) is 14.9 Å². The van der Waals surface area contributed by atoms with Gasteiger partial charge in [0.05, 0.1) is 6.07 Å². The Morgan fingerprint density at radius 2 is 1.93 bits per heavy atom. The zero-order valence-electron chi connectivity index (χ0n) is 15.6. The third-order valence-electron chi connectivity index (χ3n) is 5.27. The number of hydrogen-bond donors (Lipinski definition) is 0. The molecule has 2 aliphatic rings. The number of benzene rings is 1. The normalized spacial score (nSPS) is 21.4. The molecule has 1 heterocycles. The molecule has 27 heavy (non-hydrogen) atoms. The predicted molar refractivity (Wildman–Crippen MR) is 96.1 cm³/mol. The molecule has 0 aromatic heterocycles. The number of hydrogen-bond acceptors (Lipinski definition) is 6. The Balaban J connectivity index is 1.61. The van der Waals surface area contributed by atoms with Crippen molar-refractivity contribution in [1.29, 1.82) is 5.26 Å². The number of amides is 1. The molecule has 1 aliphatic carbocycles. The summed E-state index contributed by atoms with van der Waals surface area (Å²) in [7, 11) is 1.61. The van der Waals surface area contributed by atoms with Crippen LogP contribution < -0.4 is 9.47 Å². The molecule has 1 fully saturated rings. The summed E-state index contributed by atoms with van der Waals surface area (Å²) in [6.07, 6.45) is 2.23. The minimum Gasteiger partial charge on any atom is -0.485 e. The fourth-order valence-corrected chi connectivity index (χ4v) is 3.58. The highest BCUT2D eigenvalue weighted by Gasteiger charge is 2.41. The minimum absolute atomic E-state index is 0.0225. The fraction of sp³-hybridized carbons (Fsp3) is 0.550. The smallest absolute Gasteiger partial charge is 0.351 e. The van der Waals surface area contributed by atoms with E-state index in [1.54, 1.807) is 25.2 Å². The summed E-state index contributed by atoms with van der Waals surface area (Å²) in [6.45, 7) is 1.54. The van der Waals surface area contributed by atoms with Gasteiger partial charge in [0.2, 0.25) is 6.10 Å². The molecule has 1 saturated carbocycles. The highest BCUT2D eigenvalue weighted by atomic mass is 16.6. The van der Waals surface area contributed by atoms with Crippen LogP contribution in [0.4, 0.5) is 0 Å². The molecule has 0 unspecified atom stereocenters. The Morgan fingerprint density at radius 1 is 1.26 bits per heavy atom. The van der Waals surface area contributed by atoms with Gasteiger partial charge in [-0.05, 0) is 31.9 Å². The highest BCUT2D eigenvalue weighted by molar-refractivity contribution is 5.85. The lowest BCUT2D eigenvalue weighted by atomic mass is 9.81. The van der Waals surface area contributed by atoms with Crippen LogP contribution in [0.25, 0.3) is 0 Å². The second kappa shape index (κ2) is 7.87. The van der Waals surface area contributed by atoms with Crippen LogP contribution in [0.1, 0.15) is 39.0 Å². The molecular formula is C20H24N2O5. The largest absolute Gasteiger partial charge is 0.485 e. The van der Waals surface area contributed by atoms with Crippen molar-refractivity contribution in [3.63, 3.8) is 0 Å². The molecule has 0 radical (unpaired) electrons. The third-order valence-corrected chi connectivity index (χ3v) is 5.27. The van der Waals surface area contributed by atoms with Gasteiger partial charge in [0.25, 0.3) is 5.91 Å². The molecule has 0 N–H and O–H groups in total. The molecule has 0 spiro atoms. The zero-order chi connectivity index (χ0) is 19.4. The van der Waals surface area contributed by atoms with Crippen LogP contribution >= 0.6 is 0 Å². The summed E-state index contributed by atoms with van der Waals surface area (Å²) in [4.78, 5) is 26.6. The van der Waals surface area contributed by atoms with Crippen molar-refractivity contribution in [3.8, 4) is 17.6 Å². The topological polar surface area (TPSA) is 88.9 Å². The van der Waals surface area contributed by atoms with Gasteiger partial charge in [0.1, 0.15) is 12.1 Å². The number of fused-ring (bicyclic) bond motifs is 1. The van der Waals surface area contributed by atoms with Crippen molar-refractivity contribution in [2.45, 2.75) is 56.8 Å². The lowest BCUT2D eigenvalue weighted by molar-refractivity contribution is -0.168. The van der Waals surface area contributed by atoms with E-state index in [0.29, 0.717) is 24.3 Å². The molecule has 1 aromatic carbocycles. The molecule has 1 amide bonds. The summed E-state index contributed by atoms with van der Waals surface area (Å²) < 4.78 is 16.4. The van der Waals surface area contributed by atoms with Crippen LogP contribution in [0.3, 0.4) is 0 Å². The molecule has 0 saturated heterocycles. The Bertz CT molecular complexity index is 751. The standard InChI is InChI=1S/C20H24N2O5/c1-14(18(23)22(2)20(13-21)10-6-3-7-11-20)26-19(24)17-12-25-15-8-4-5-9-16(15)27-17/h4-5,8-9,14,17H,3,6-7,10-12H2,1-2H3/t14-,17+/m1/s1. The molecule has 7 heteroatoms. The van der Waals surface area contributed by atoms with Gasteiger partial charge < -0.3 is 19.1 Å². The molecule has 1 aliphatic heterocycles. The maximum Gasteiger partial charge on any atom is 0.351 e. The first-order valence-corrected chi connectivity index (χ1v) is 9.25. The first-order valence-electron chi connectivity index (χ1n) is 9.25. The number of carbonyl (C=O) groups is 2. The van der Waals surface area contributed by atoms with Gasteiger partial charge in [-0.2, -0.15) is 5.26 Å². The number of carbonyl (C=O) groups excluding carboxylic acids is 2. The van der Waals surface area contributed by atoms with E-state index in [0.717, 1.165) is 19.3 Å². The van der Waals surface area contributed by atoms with E-state index in [1.807, 2.05) is 6.07 Å². The summed E-state index contributed by atoms with van der Waals surface area (Å²) in [5.74, 6) is -0.0107.